The summed E-state index contributed by atoms with van der Waals surface area (Å²) in [7, 11) is 1.55. The van der Waals surface area contributed by atoms with Gasteiger partial charge in [-0.2, -0.15) is 0 Å². The van der Waals surface area contributed by atoms with Crippen LogP contribution < -0.4 is 10.1 Å². The lowest BCUT2D eigenvalue weighted by Crippen LogP contribution is -2.28. The van der Waals surface area contributed by atoms with Crippen molar-refractivity contribution in [1.29, 1.82) is 0 Å². The number of benzene rings is 1. The minimum absolute atomic E-state index is 0.115. The Morgan fingerprint density at radius 3 is 2.61 bits per heavy atom. The first kappa shape index (κ1) is 14.9. The third kappa shape index (κ3) is 3.96. The van der Waals surface area contributed by atoms with Gasteiger partial charge in [-0.3, -0.25) is 0 Å². The van der Waals surface area contributed by atoms with E-state index in [1.165, 1.54) is 6.07 Å². The summed E-state index contributed by atoms with van der Waals surface area (Å²) in [6, 6.07) is 4.65. The SMILES string of the molecule is CCNC(COC(C)C)c1c(F)cccc1OC. The van der Waals surface area contributed by atoms with Gasteiger partial charge in [0.2, 0.25) is 0 Å². The molecule has 3 nitrogen and oxygen atoms in total. The van der Waals surface area contributed by atoms with E-state index in [1.54, 1.807) is 19.2 Å². The van der Waals surface area contributed by atoms with E-state index in [0.717, 1.165) is 6.54 Å². The fourth-order valence-corrected chi connectivity index (χ4v) is 1.81. The van der Waals surface area contributed by atoms with E-state index in [2.05, 4.69) is 5.32 Å². The molecular formula is C14H22FNO2. The lowest BCUT2D eigenvalue weighted by Gasteiger charge is -2.22. The van der Waals surface area contributed by atoms with Crippen molar-refractivity contribution in [2.45, 2.75) is 32.9 Å². The van der Waals surface area contributed by atoms with Gasteiger partial charge in [0, 0.05) is 5.56 Å². The molecule has 1 aromatic rings. The highest BCUT2D eigenvalue weighted by atomic mass is 19.1. The van der Waals surface area contributed by atoms with Gasteiger partial charge in [0.05, 0.1) is 25.9 Å². The van der Waals surface area contributed by atoms with E-state index in [4.69, 9.17) is 9.47 Å². The van der Waals surface area contributed by atoms with E-state index in [0.29, 0.717) is 17.9 Å². The second-order valence-corrected chi connectivity index (χ2v) is 4.35. The molecule has 0 aliphatic carbocycles. The summed E-state index contributed by atoms with van der Waals surface area (Å²) in [5.74, 6) is 0.279. The van der Waals surface area contributed by atoms with Crippen molar-refractivity contribution in [2.24, 2.45) is 0 Å². The van der Waals surface area contributed by atoms with Gasteiger partial charge in [0.1, 0.15) is 11.6 Å². The molecule has 0 radical (unpaired) electrons. The zero-order valence-electron chi connectivity index (χ0n) is 11.5. The third-order valence-corrected chi connectivity index (χ3v) is 2.63. The Kier molecular flexibility index (Phi) is 6.09. The Labute approximate surface area is 108 Å². The first-order valence-corrected chi connectivity index (χ1v) is 6.27. The lowest BCUT2D eigenvalue weighted by molar-refractivity contribution is 0.0602. The standard InChI is InChI=1S/C14H22FNO2/c1-5-16-12(9-18-10(2)3)14-11(15)7-6-8-13(14)17-4/h6-8,10,12,16H,5,9H2,1-4H3. The molecule has 1 atom stereocenters. The van der Waals surface area contributed by atoms with Crippen molar-refractivity contribution in [3.05, 3.63) is 29.6 Å². The number of likely N-dealkylation sites (N-methyl/N-ethyl adjacent to an activating group) is 1. The van der Waals surface area contributed by atoms with Gasteiger partial charge in [-0.25, -0.2) is 4.39 Å². The lowest BCUT2D eigenvalue weighted by atomic mass is 10.1. The summed E-state index contributed by atoms with van der Waals surface area (Å²) in [4.78, 5) is 0. The quantitative estimate of drug-likeness (QED) is 0.812. The predicted molar refractivity (Wildman–Crippen MR) is 70.5 cm³/mol. The number of hydrogen-bond acceptors (Lipinski definition) is 3. The van der Waals surface area contributed by atoms with Gasteiger partial charge in [-0.1, -0.05) is 13.0 Å². The minimum atomic E-state index is -0.271. The molecule has 0 saturated carbocycles. The van der Waals surface area contributed by atoms with Gasteiger partial charge >= 0.3 is 0 Å². The highest BCUT2D eigenvalue weighted by Crippen LogP contribution is 2.28. The Hall–Kier alpha value is -1.13. The topological polar surface area (TPSA) is 30.5 Å². The Morgan fingerprint density at radius 2 is 2.06 bits per heavy atom. The highest BCUT2D eigenvalue weighted by Gasteiger charge is 2.20. The van der Waals surface area contributed by atoms with Crippen LogP contribution in [0, 0.1) is 5.82 Å². The number of ether oxygens (including phenoxy) is 2. The largest absolute Gasteiger partial charge is 0.496 e. The molecule has 102 valence electrons. The first-order chi connectivity index (χ1) is 8.60. The molecule has 1 N–H and O–H groups in total. The molecule has 1 aromatic carbocycles. The van der Waals surface area contributed by atoms with Gasteiger partial charge < -0.3 is 14.8 Å². The predicted octanol–water partition coefficient (Wildman–Crippen LogP) is 2.91. The van der Waals surface area contributed by atoms with Crippen LogP contribution in [-0.4, -0.2) is 26.4 Å². The maximum absolute atomic E-state index is 14.0. The van der Waals surface area contributed by atoms with E-state index in [9.17, 15) is 4.39 Å². The third-order valence-electron chi connectivity index (χ3n) is 2.63. The summed E-state index contributed by atoms with van der Waals surface area (Å²) in [5.41, 5.74) is 0.530. The van der Waals surface area contributed by atoms with Crippen molar-refractivity contribution in [2.75, 3.05) is 20.3 Å². The number of methoxy groups -OCH3 is 1. The van der Waals surface area contributed by atoms with E-state index in [-0.39, 0.29) is 18.0 Å². The molecule has 0 aromatic heterocycles. The summed E-state index contributed by atoms with van der Waals surface area (Å²) < 4.78 is 24.8. The molecule has 18 heavy (non-hydrogen) atoms. The average Bonchev–Trinajstić information content (AvgIpc) is 2.34. The second kappa shape index (κ2) is 7.34. The molecule has 0 fully saturated rings. The average molecular weight is 255 g/mol. The molecule has 0 aliphatic heterocycles. The zero-order valence-corrected chi connectivity index (χ0v) is 11.5. The van der Waals surface area contributed by atoms with Crippen LogP contribution >= 0.6 is 0 Å². The van der Waals surface area contributed by atoms with E-state index >= 15 is 0 Å². The van der Waals surface area contributed by atoms with Gasteiger partial charge in [-0.05, 0) is 32.5 Å². The maximum atomic E-state index is 14.0. The van der Waals surface area contributed by atoms with Crippen molar-refractivity contribution in [1.82, 2.24) is 5.32 Å². The molecular weight excluding hydrogens is 233 g/mol. The van der Waals surface area contributed by atoms with Crippen LogP contribution in [0.25, 0.3) is 0 Å². The summed E-state index contributed by atoms with van der Waals surface area (Å²) in [6.45, 7) is 7.06. The number of hydrogen-bond donors (Lipinski definition) is 1. The Morgan fingerprint density at radius 1 is 1.33 bits per heavy atom. The Balaban J connectivity index is 2.96. The highest BCUT2D eigenvalue weighted by molar-refractivity contribution is 5.37. The van der Waals surface area contributed by atoms with E-state index in [1.807, 2.05) is 20.8 Å². The molecule has 0 saturated heterocycles. The fraction of sp³-hybridized carbons (Fsp3) is 0.571. The van der Waals surface area contributed by atoms with Crippen molar-refractivity contribution < 1.29 is 13.9 Å². The van der Waals surface area contributed by atoms with Gasteiger partial charge in [0.25, 0.3) is 0 Å². The van der Waals surface area contributed by atoms with Crippen molar-refractivity contribution in [3.63, 3.8) is 0 Å². The van der Waals surface area contributed by atoms with Crippen LogP contribution in [0.4, 0.5) is 4.39 Å². The van der Waals surface area contributed by atoms with E-state index < -0.39 is 0 Å². The van der Waals surface area contributed by atoms with Crippen LogP contribution in [0.1, 0.15) is 32.4 Å². The summed E-state index contributed by atoms with van der Waals surface area (Å²) >= 11 is 0. The van der Waals surface area contributed by atoms with Crippen LogP contribution in [0.15, 0.2) is 18.2 Å². The molecule has 0 amide bonds. The molecule has 0 bridgehead atoms. The molecule has 1 unspecified atom stereocenters. The molecule has 0 heterocycles. The normalized spacial score (nSPS) is 12.8. The van der Waals surface area contributed by atoms with Crippen molar-refractivity contribution in [3.8, 4) is 5.75 Å². The summed E-state index contributed by atoms with van der Waals surface area (Å²) in [6.07, 6.45) is 0.115. The zero-order chi connectivity index (χ0) is 13.5. The number of halogens is 1. The molecule has 4 heteroatoms. The van der Waals surface area contributed by atoms with Crippen LogP contribution in [0.2, 0.25) is 0 Å². The Bertz CT molecular complexity index is 369. The molecule has 0 spiro atoms. The van der Waals surface area contributed by atoms with Gasteiger partial charge in [0.15, 0.2) is 0 Å². The van der Waals surface area contributed by atoms with Crippen LogP contribution in [0.5, 0.6) is 5.75 Å². The smallest absolute Gasteiger partial charge is 0.131 e. The minimum Gasteiger partial charge on any atom is -0.496 e. The van der Waals surface area contributed by atoms with Crippen LogP contribution in [-0.2, 0) is 4.74 Å². The number of nitrogens with one attached hydrogen (secondary N) is 1. The molecule has 1 rings (SSSR count). The summed E-state index contributed by atoms with van der Waals surface area (Å²) in [5, 5.41) is 3.22. The maximum Gasteiger partial charge on any atom is 0.131 e. The molecule has 0 aliphatic rings. The fourth-order valence-electron chi connectivity index (χ4n) is 1.81. The van der Waals surface area contributed by atoms with Crippen LogP contribution in [0.3, 0.4) is 0 Å². The second-order valence-electron chi connectivity index (χ2n) is 4.35. The van der Waals surface area contributed by atoms with Crippen molar-refractivity contribution >= 4 is 0 Å². The van der Waals surface area contributed by atoms with Gasteiger partial charge in [-0.15, -0.1) is 0 Å². The monoisotopic (exact) mass is 255 g/mol. The first-order valence-electron chi connectivity index (χ1n) is 6.27. The number of rotatable bonds is 7.